The molecule has 0 radical (unpaired) electrons. The van der Waals surface area contributed by atoms with Crippen LogP contribution in [0.5, 0.6) is 0 Å². The summed E-state index contributed by atoms with van der Waals surface area (Å²) >= 11 is 17.7. The van der Waals surface area contributed by atoms with Crippen LogP contribution in [0.15, 0.2) is 4.76 Å². The average Bonchev–Trinajstić information content (AvgIpc) is 1.83. The molecule has 0 saturated heterocycles. The van der Waals surface area contributed by atoms with Crippen molar-refractivity contribution in [1.82, 2.24) is 4.90 Å². The summed E-state index contributed by atoms with van der Waals surface area (Å²) in [6.45, 7) is 2.04. The third-order valence-corrected chi connectivity index (χ3v) is 3.12. The molecule has 0 atom stereocenters. The smallest absolute Gasteiger partial charge is 0.228 e. The van der Waals surface area contributed by atoms with Crippen LogP contribution in [-0.4, -0.2) is 29.9 Å². The first-order chi connectivity index (χ1) is 5.37. The van der Waals surface area contributed by atoms with Gasteiger partial charge in [0.2, 0.25) is 4.89 Å². The molecule has 12 heavy (non-hydrogen) atoms. The van der Waals surface area contributed by atoms with E-state index in [9.17, 15) is 0 Å². The average molecular weight is 265 g/mol. The lowest BCUT2D eigenvalue weighted by Gasteiger charge is -2.14. The maximum absolute atomic E-state index is 5.67. The van der Waals surface area contributed by atoms with Crippen molar-refractivity contribution in [2.24, 2.45) is 4.76 Å². The van der Waals surface area contributed by atoms with Gasteiger partial charge in [-0.15, -0.1) is 0 Å². The van der Waals surface area contributed by atoms with E-state index in [0.717, 1.165) is 10.9 Å². The van der Waals surface area contributed by atoms with Crippen LogP contribution in [0, 0.1) is 0 Å². The summed E-state index contributed by atoms with van der Waals surface area (Å²) in [5.74, 6) is 0.931. The zero-order valence-corrected chi connectivity index (χ0v) is 11.2. The molecule has 0 aliphatic rings. The van der Waals surface area contributed by atoms with Crippen LogP contribution in [0.3, 0.4) is 0 Å². The van der Waals surface area contributed by atoms with Crippen LogP contribution in [0.25, 0.3) is 0 Å². The Kier molecular flexibility index (Phi) is 6.21. The summed E-state index contributed by atoms with van der Waals surface area (Å²) in [6.07, 6.45) is 0. The number of rotatable bonds is 2. The van der Waals surface area contributed by atoms with Crippen molar-refractivity contribution in [2.75, 3.05) is 19.8 Å². The topological polar surface area (TPSA) is 15.6 Å². The van der Waals surface area contributed by atoms with Gasteiger partial charge in [-0.2, -0.15) is 4.76 Å². The van der Waals surface area contributed by atoms with Gasteiger partial charge in [0, 0.05) is 14.1 Å². The van der Waals surface area contributed by atoms with Crippen molar-refractivity contribution < 1.29 is 0 Å². The fraction of sp³-hybridized carbons (Fsp3) is 0.800. The Morgan fingerprint density at radius 3 is 2.33 bits per heavy atom. The highest BCUT2D eigenvalue weighted by molar-refractivity contribution is 8.38. The summed E-state index contributed by atoms with van der Waals surface area (Å²) in [4.78, 5) is -0.641. The molecule has 0 amide bonds. The Bertz CT molecular complexity index is 213. The predicted octanol–water partition coefficient (Wildman–Crippen LogP) is 3.36. The van der Waals surface area contributed by atoms with Gasteiger partial charge in [-0.05, 0) is 40.0 Å². The quantitative estimate of drug-likeness (QED) is 0.432. The van der Waals surface area contributed by atoms with E-state index in [0.29, 0.717) is 0 Å². The maximum atomic E-state index is 5.67. The molecule has 0 aromatic carbocycles. The lowest BCUT2D eigenvalue weighted by Crippen LogP contribution is -2.18. The highest BCUT2D eigenvalue weighted by Crippen LogP contribution is 2.59. The van der Waals surface area contributed by atoms with E-state index in [1.807, 2.05) is 25.9 Å². The minimum atomic E-state index is -2.50. The molecule has 0 rings (SSSR count). The third-order valence-electron chi connectivity index (χ3n) is 0.858. The van der Waals surface area contributed by atoms with Crippen molar-refractivity contribution in [3.63, 3.8) is 0 Å². The fourth-order valence-corrected chi connectivity index (χ4v) is 3.05. The molecule has 0 aliphatic carbocycles. The zero-order valence-electron chi connectivity index (χ0n) is 7.12. The number of halogens is 2. The van der Waals surface area contributed by atoms with Gasteiger partial charge in [-0.1, -0.05) is 18.7 Å². The molecule has 0 aliphatic heterocycles. The Labute approximate surface area is 92.3 Å². The standard InChI is InChI=1S/C5H11Cl2N2PS2/c1-4-12-5(9(2)3)8-10(6,7)11/h4H2,1-3H3. The molecule has 0 spiro atoms. The van der Waals surface area contributed by atoms with Gasteiger partial charge in [-0.25, -0.2) is 0 Å². The summed E-state index contributed by atoms with van der Waals surface area (Å²) in [5, 5.41) is 0.797. The first kappa shape index (κ1) is 13.1. The van der Waals surface area contributed by atoms with Crippen molar-refractivity contribution in [3.05, 3.63) is 0 Å². The largest absolute Gasteiger partial charge is 0.357 e. The number of amidine groups is 1. The minimum Gasteiger partial charge on any atom is -0.357 e. The highest BCUT2D eigenvalue weighted by Gasteiger charge is 2.09. The van der Waals surface area contributed by atoms with E-state index in [-0.39, 0.29) is 0 Å². The number of thioether (sulfide) groups is 1. The van der Waals surface area contributed by atoms with Crippen molar-refractivity contribution in [1.29, 1.82) is 0 Å². The van der Waals surface area contributed by atoms with E-state index in [2.05, 4.69) is 4.76 Å². The Balaban J connectivity index is 4.50. The zero-order chi connectivity index (χ0) is 9.78. The second-order valence-corrected chi connectivity index (χ2v) is 10.7. The Morgan fingerprint density at radius 1 is 1.58 bits per heavy atom. The van der Waals surface area contributed by atoms with Crippen LogP contribution in [0.1, 0.15) is 6.92 Å². The first-order valence-electron chi connectivity index (χ1n) is 3.26. The molecule has 0 bridgehead atoms. The summed E-state index contributed by atoms with van der Waals surface area (Å²) < 4.78 is 4.06. The molecule has 0 fully saturated rings. The molecule has 0 saturated carbocycles. The Morgan fingerprint density at radius 2 is 2.08 bits per heavy atom. The molecule has 2 nitrogen and oxygen atoms in total. The monoisotopic (exact) mass is 264 g/mol. The molecule has 0 aromatic heterocycles. The van der Waals surface area contributed by atoms with Gasteiger partial charge >= 0.3 is 0 Å². The summed E-state index contributed by atoms with van der Waals surface area (Å²) in [6, 6.07) is 0. The van der Waals surface area contributed by atoms with E-state index >= 15 is 0 Å². The molecule has 0 aromatic rings. The van der Waals surface area contributed by atoms with Gasteiger partial charge < -0.3 is 4.90 Å². The van der Waals surface area contributed by atoms with Gasteiger partial charge in [0.05, 0.1) is 0 Å². The third kappa shape index (κ3) is 6.55. The predicted molar refractivity (Wildman–Crippen MR) is 65.2 cm³/mol. The van der Waals surface area contributed by atoms with Crippen LogP contribution < -0.4 is 0 Å². The summed E-state index contributed by atoms with van der Waals surface area (Å²) in [7, 11) is 3.78. The van der Waals surface area contributed by atoms with Crippen molar-refractivity contribution in [2.45, 2.75) is 6.92 Å². The normalized spacial score (nSPS) is 13.2. The SMILES string of the molecule is CCSC(=NP(=S)(Cl)Cl)N(C)C. The van der Waals surface area contributed by atoms with Gasteiger partial charge in [0.1, 0.15) is 0 Å². The maximum Gasteiger partial charge on any atom is 0.228 e. The van der Waals surface area contributed by atoms with E-state index in [4.69, 9.17) is 34.3 Å². The molecular weight excluding hydrogens is 254 g/mol. The van der Waals surface area contributed by atoms with E-state index in [1.165, 1.54) is 0 Å². The van der Waals surface area contributed by atoms with Crippen LogP contribution in [-0.2, 0) is 11.8 Å². The van der Waals surface area contributed by atoms with Crippen molar-refractivity contribution in [3.8, 4) is 0 Å². The lowest BCUT2D eigenvalue weighted by molar-refractivity contribution is 0.638. The number of nitrogens with zero attached hydrogens (tertiary/aromatic N) is 2. The second-order valence-electron chi connectivity index (χ2n) is 2.14. The number of hydrogen-bond donors (Lipinski definition) is 0. The minimum absolute atomic E-state index is 0.797. The van der Waals surface area contributed by atoms with Crippen LogP contribution in [0.2, 0.25) is 0 Å². The molecule has 7 heteroatoms. The number of hydrogen-bond acceptors (Lipinski definition) is 2. The first-order valence-corrected chi connectivity index (χ1v) is 8.81. The van der Waals surface area contributed by atoms with Crippen molar-refractivity contribution >= 4 is 56.1 Å². The highest BCUT2D eigenvalue weighted by atomic mass is 35.9. The molecule has 72 valence electrons. The molecule has 0 N–H and O–H groups in total. The fourth-order valence-electron chi connectivity index (χ4n) is 0.476. The lowest BCUT2D eigenvalue weighted by atomic mass is 10.9. The van der Waals surface area contributed by atoms with Gasteiger partial charge in [-0.3, -0.25) is 0 Å². The summed E-state index contributed by atoms with van der Waals surface area (Å²) in [5.41, 5.74) is 0. The molecule has 0 unspecified atom stereocenters. The molecule has 0 heterocycles. The second kappa shape index (κ2) is 5.71. The van der Waals surface area contributed by atoms with E-state index < -0.39 is 4.89 Å². The molecular formula is C5H11Cl2N2PS2. The van der Waals surface area contributed by atoms with Gasteiger partial charge in [0.25, 0.3) is 0 Å². The Hall–Kier alpha value is 1.05. The van der Waals surface area contributed by atoms with Crippen LogP contribution in [0.4, 0.5) is 0 Å². The van der Waals surface area contributed by atoms with Gasteiger partial charge in [0.15, 0.2) is 5.17 Å². The van der Waals surface area contributed by atoms with Crippen LogP contribution >= 0.6 is 39.1 Å². The van der Waals surface area contributed by atoms with E-state index in [1.54, 1.807) is 11.8 Å².